The fourth-order valence-electron chi connectivity index (χ4n) is 4.02. The summed E-state index contributed by atoms with van der Waals surface area (Å²) in [6.45, 7) is 2.86. The van der Waals surface area contributed by atoms with Crippen molar-refractivity contribution >= 4 is 54.1 Å². The highest BCUT2D eigenvalue weighted by molar-refractivity contribution is 9.10. The van der Waals surface area contributed by atoms with E-state index in [0.717, 1.165) is 53.9 Å². The van der Waals surface area contributed by atoms with Crippen molar-refractivity contribution in [1.82, 2.24) is 9.55 Å². The predicted molar refractivity (Wildman–Crippen MR) is 138 cm³/mol. The standard InChI is InChI=1S/C26H19Br2FN2S/c1-16-22(13-26-30-24(15-32-26)18-4-8-20(28)9-5-18)23-12-21(29)10-11-25(23)31(16)14-17-2-6-19(27)7-3-17/h2-12,15H,13-14H2,1H3. The van der Waals surface area contributed by atoms with Gasteiger partial charge >= 0.3 is 0 Å². The molecule has 3 aromatic carbocycles. The third-order valence-electron chi connectivity index (χ3n) is 5.69. The predicted octanol–water partition coefficient (Wildman–Crippen LogP) is 8.38. The van der Waals surface area contributed by atoms with Crippen molar-refractivity contribution < 1.29 is 4.39 Å². The zero-order valence-electron chi connectivity index (χ0n) is 17.3. The summed E-state index contributed by atoms with van der Waals surface area (Å²) in [5.74, 6) is -0.214. The van der Waals surface area contributed by atoms with E-state index >= 15 is 0 Å². The molecule has 0 radical (unpaired) electrons. The molecule has 0 spiro atoms. The number of halogens is 3. The van der Waals surface area contributed by atoms with Crippen LogP contribution in [0.1, 0.15) is 21.8 Å². The maximum atomic E-state index is 14.2. The molecular weight excluding hydrogens is 551 g/mol. The van der Waals surface area contributed by atoms with Crippen molar-refractivity contribution in [3.8, 4) is 11.3 Å². The minimum atomic E-state index is -0.214. The molecule has 0 aliphatic rings. The van der Waals surface area contributed by atoms with E-state index in [1.54, 1.807) is 23.5 Å². The third-order valence-corrected chi connectivity index (χ3v) is 7.60. The second-order valence-corrected chi connectivity index (χ2v) is 10.5. The molecular formula is C26H19Br2FN2S. The fourth-order valence-corrected chi connectivity index (χ4v) is 5.36. The molecule has 2 heterocycles. The van der Waals surface area contributed by atoms with Crippen LogP contribution in [-0.2, 0) is 13.0 Å². The maximum absolute atomic E-state index is 14.2. The summed E-state index contributed by atoms with van der Waals surface area (Å²) in [5, 5.41) is 4.08. The van der Waals surface area contributed by atoms with Gasteiger partial charge in [0.1, 0.15) is 5.82 Å². The molecule has 0 atom stereocenters. The van der Waals surface area contributed by atoms with Crippen LogP contribution in [0.25, 0.3) is 22.2 Å². The Morgan fingerprint density at radius 2 is 1.62 bits per heavy atom. The van der Waals surface area contributed by atoms with E-state index in [9.17, 15) is 4.39 Å². The van der Waals surface area contributed by atoms with Crippen LogP contribution in [0.3, 0.4) is 0 Å². The molecule has 0 aliphatic carbocycles. The number of thiazole rings is 1. The van der Waals surface area contributed by atoms with Crippen LogP contribution in [0.5, 0.6) is 0 Å². The number of nitrogens with zero attached hydrogens (tertiary/aromatic N) is 2. The highest BCUT2D eigenvalue weighted by Crippen LogP contribution is 2.32. The van der Waals surface area contributed by atoms with Gasteiger partial charge in [0.2, 0.25) is 0 Å². The van der Waals surface area contributed by atoms with Gasteiger partial charge in [-0.3, -0.25) is 0 Å². The Bertz CT molecular complexity index is 1400. The molecule has 2 aromatic heterocycles. The van der Waals surface area contributed by atoms with Gasteiger partial charge in [-0.25, -0.2) is 9.37 Å². The van der Waals surface area contributed by atoms with Crippen molar-refractivity contribution in [3.05, 3.63) is 109 Å². The van der Waals surface area contributed by atoms with Gasteiger partial charge < -0.3 is 4.57 Å². The molecule has 0 amide bonds. The monoisotopic (exact) mass is 568 g/mol. The molecule has 2 nitrogen and oxygen atoms in total. The van der Waals surface area contributed by atoms with Crippen LogP contribution in [0, 0.1) is 12.7 Å². The Hall–Kier alpha value is -2.28. The molecule has 0 bridgehead atoms. The van der Waals surface area contributed by atoms with E-state index in [-0.39, 0.29) is 5.82 Å². The van der Waals surface area contributed by atoms with E-state index in [0.29, 0.717) is 6.42 Å². The van der Waals surface area contributed by atoms with E-state index < -0.39 is 0 Å². The number of benzene rings is 3. The summed E-state index contributed by atoms with van der Waals surface area (Å²) < 4.78 is 18.6. The molecule has 6 heteroatoms. The number of aromatic nitrogens is 2. The van der Waals surface area contributed by atoms with Gasteiger partial charge in [0.05, 0.1) is 10.7 Å². The molecule has 5 rings (SSSR count). The van der Waals surface area contributed by atoms with E-state index in [2.05, 4.69) is 85.1 Å². The molecule has 160 valence electrons. The van der Waals surface area contributed by atoms with Crippen molar-refractivity contribution in [2.45, 2.75) is 19.9 Å². The average Bonchev–Trinajstić information content (AvgIpc) is 3.35. The minimum absolute atomic E-state index is 0.214. The van der Waals surface area contributed by atoms with E-state index in [1.165, 1.54) is 5.56 Å². The summed E-state index contributed by atoms with van der Waals surface area (Å²) in [4.78, 5) is 4.87. The quantitative estimate of drug-likeness (QED) is 0.208. The SMILES string of the molecule is Cc1c(Cc2nc(-c3ccc(Br)cc3)cs2)c2cc(F)ccc2n1Cc1ccc(Br)cc1. The number of rotatable bonds is 5. The molecule has 32 heavy (non-hydrogen) atoms. The first kappa shape index (κ1) is 21.6. The Labute approximate surface area is 207 Å². The van der Waals surface area contributed by atoms with Crippen molar-refractivity contribution in [3.63, 3.8) is 0 Å². The molecule has 0 N–H and O–H groups in total. The summed E-state index contributed by atoms with van der Waals surface area (Å²) in [5.41, 5.74) is 6.60. The highest BCUT2D eigenvalue weighted by atomic mass is 79.9. The number of hydrogen-bond acceptors (Lipinski definition) is 2. The van der Waals surface area contributed by atoms with Crippen LogP contribution in [-0.4, -0.2) is 9.55 Å². The summed E-state index contributed by atoms with van der Waals surface area (Å²) >= 11 is 8.63. The average molecular weight is 570 g/mol. The van der Waals surface area contributed by atoms with Gasteiger partial charge in [0.25, 0.3) is 0 Å². The van der Waals surface area contributed by atoms with Crippen LogP contribution in [0.4, 0.5) is 4.39 Å². The van der Waals surface area contributed by atoms with E-state index in [1.807, 2.05) is 18.2 Å². The van der Waals surface area contributed by atoms with Crippen molar-refractivity contribution in [1.29, 1.82) is 0 Å². The molecule has 0 saturated heterocycles. The van der Waals surface area contributed by atoms with Gasteiger partial charge in [0, 0.05) is 49.5 Å². The summed E-state index contributed by atoms with van der Waals surface area (Å²) in [7, 11) is 0. The second kappa shape index (κ2) is 8.93. The second-order valence-electron chi connectivity index (χ2n) is 7.75. The normalized spacial score (nSPS) is 11.4. The lowest BCUT2D eigenvalue weighted by Gasteiger charge is -2.09. The summed E-state index contributed by atoms with van der Waals surface area (Å²) in [6.07, 6.45) is 0.681. The van der Waals surface area contributed by atoms with Gasteiger partial charge in [-0.1, -0.05) is 56.1 Å². The molecule has 5 aromatic rings. The van der Waals surface area contributed by atoms with Gasteiger partial charge in [-0.15, -0.1) is 11.3 Å². The van der Waals surface area contributed by atoms with Crippen LogP contribution >= 0.6 is 43.2 Å². The number of hydrogen-bond donors (Lipinski definition) is 0. The zero-order valence-corrected chi connectivity index (χ0v) is 21.3. The Morgan fingerprint density at radius 1 is 0.938 bits per heavy atom. The third kappa shape index (κ3) is 4.32. The van der Waals surface area contributed by atoms with Crippen LogP contribution < -0.4 is 0 Å². The first-order valence-corrected chi connectivity index (χ1v) is 12.7. The van der Waals surface area contributed by atoms with Gasteiger partial charge in [0.15, 0.2) is 0 Å². The first-order valence-electron chi connectivity index (χ1n) is 10.2. The highest BCUT2D eigenvalue weighted by Gasteiger charge is 2.17. The van der Waals surface area contributed by atoms with E-state index in [4.69, 9.17) is 4.98 Å². The first-order chi connectivity index (χ1) is 15.5. The number of fused-ring (bicyclic) bond motifs is 1. The van der Waals surface area contributed by atoms with Gasteiger partial charge in [-0.2, -0.15) is 0 Å². The Morgan fingerprint density at radius 3 is 2.34 bits per heavy atom. The van der Waals surface area contributed by atoms with Crippen LogP contribution in [0.15, 0.2) is 81.1 Å². The largest absolute Gasteiger partial charge is 0.340 e. The zero-order chi connectivity index (χ0) is 22.2. The molecule has 0 fully saturated rings. The molecule has 0 saturated carbocycles. The van der Waals surface area contributed by atoms with Crippen LogP contribution in [0.2, 0.25) is 0 Å². The summed E-state index contributed by atoms with van der Waals surface area (Å²) in [6, 6.07) is 21.6. The topological polar surface area (TPSA) is 17.8 Å². The minimum Gasteiger partial charge on any atom is -0.340 e. The lowest BCUT2D eigenvalue weighted by molar-refractivity contribution is 0.629. The molecule has 0 unspecified atom stereocenters. The maximum Gasteiger partial charge on any atom is 0.123 e. The fraction of sp³-hybridized carbons (Fsp3) is 0.115. The van der Waals surface area contributed by atoms with Gasteiger partial charge in [-0.05, 0) is 60.5 Å². The van der Waals surface area contributed by atoms with Crippen molar-refractivity contribution in [2.75, 3.05) is 0 Å². The lowest BCUT2D eigenvalue weighted by Crippen LogP contribution is -2.02. The Balaban J connectivity index is 1.52. The van der Waals surface area contributed by atoms with Crippen molar-refractivity contribution in [2.24, 2.45) is 0 Å². The smallest absolute Gasteiger partial charge is 0.123 e. The Kier molecular flexibility index (Phi) is 6.01. The lowest BCUT2D eigenvalue weighted by atomic mass is 10.1. The molecule has 0 aliphatic heterocycles.